The number of likely N-dealkylation sites (tertiary alicyclic amines) is 1. The molecule has 2 saturated heterocycles. The highest BCUT2D eigenvalue weighted by atomic mass is 16.6. The highest BCUT2D eigenvalue weighted by molar-refractivity contribution is 6.00. The number of benzene rings is 1. The second-order valence-electron chi connectivity index (χ2n) is 7.36. The first kappa shape index (κ1) is 20.2. The Labute approximate surface area is 166 Å². The topological polar surface area (TPSA) is 79.0 Å². The van der Waals surface area contributed by atoms with Gasteiger partial charge in [0.15, 0.2) is 0 Å². The third-order valence-corrected chi connectivity index (χ3v) is 5.53. The minimum Gasteiger partial charge on any atom is -0.450 e. The molecule has 2 aliphatic heterocycles. The number of nitrogens with zero attached hydrogens (tertiary/aromatic N) is 2. The number of para-hydroxylation sites is 1. The predicted octanol–water partition coefficient (Wildman–Crippen LogP) is 2.34. The van der Waals surface area contributed by atoms with Crippen molar-refractivity contribution in [3.63, 3.8) is 0 Å². The number of rotatable bonds is 5. The average molecular weight is 387 g/mol. The lowest BCUT2D eigenvalue weighted by Gasteiger charge is -2.32. The van der Waals surface area contributed by atoms with Gasteiger partial charge in [0.05, 0.1) is 12.5 Å². The summed E-state index contributed by atoms with van der Waals surface area (Å²) in [5, 5.41) is 3.08. The number of anilines is 1. The average Bonchev–Trinajstić information content (AvgIpc) is 3.10. The zero-order chi connectivity index (χ0) is 20.1. The molecule has 0 aliphatic carbocycles. The molecular formula is C21H29N3O4. The van der Waals surface area contributed by atoms with Crippen LogP contribution in [0.5, 0.6) is 0 Å². The van der Waals surface area contributed by atoms with E-state index in [1.807, 2.05) is 24.3 Å². The number of ether oxygens (including phenoxy) is 1. The van der Waals surface area contributed by atoms with Gasteiger partial charge in [-0.15, -0.1) is 0 Å². The van der Waals surface area contributed by atoms with Crippen molar-refractivity contribution in [1.29, 1.82) is 0 Å². The quantitative estimate of drug-likeness (QED) is 0.841. The van der Waals surface area contributed by atoms with Crippen LogP contribution in [0.15, 0.2) is 24.3 Å². The summed E-state index contributed by atoms with van der Waals surface area (Å²) in [5.41, 5.74) is 2.02. The van der Waals surface area contributed by atoms with Gasteiger partial charge in [-0.05, 0) is 37.8 Å². The van der Waals surface area contributed by atoms with Crippen LogP contribution in [0.2, 0.25) is 0 Å². The summed E-state index contributed by atoms with van der Waals surface area (Å²) in [6, 6.07) is 7.89. The Balaban J connectivity index is 1.54. The largest absolute Gasteiger partial charge is 0.450 e. The van der Waals surface area contributed by atoms with Crippen LogP contribution in [0.25, 0.3) is 0 Å². The van der Waals surface area contributed by atoms with Crippen LogP contribution in [-0.2, 0) is 20.7 Å². The van der Waals surface area contributed by atoms with Crippen molar-refractivity contribution in [2.45, 2.75) is 45.6 Å². The summed E-state index contributed by atoms with van der Waals surface area (Å²) < 4.78 is 5.02. The van der Waals surface area contributed by atoms with E-state index in [1.54, 1.807) is 16.7 Å². The van der Waals surface area contributed by atoms with Crippen LogP contribution >= 0.6 is 0 Å². The lowest BCUT2D eigenvalue weighted by atomic mass is 10.0. The van der Waals surface area contributed by atoms with E-state index >= 15 is 0 Å². The maximum atomic E-state index is 12.7. The monoisotopic (exact) mass is 387 g/mol. The summed E-state index contributed by atoms with van der Waals surface area (Å²) in [6.45, 7) is 5.78. The third-order valence-electron chi connectivity index (χ3n) is 5.53. The number of nitrogens with one attached hydrogen (secondary N) is 1. The van der Waals surface area contributed by atoms with Gasteiger partial charge >= 0.3 is 6.09 Å². The molecule has 3 rings (SSSR count). The number of carbonyl (C=O) groups excluding carboxylic acids is 3. The zero-order valence-electron chi connectivity index (χ0n) is 16.6. The van der Waals surface area contributed by atoms with E-state index in [-0.39, 0.29) is 36.3 Å². The fourth-order valence-corrected chi connectivity index (χ4v) is 3.93. The predicted molar refractivity (Wildman–Crippen MR) is 106 cm³/mol. The third kappa shape index (κ3) is 4.46. The molecule has 1 aromatic carbocycles. The first-order valence-corrected chi connectivity index (χ1v) is 10.1. The fourth-order valence-electron chi connectivity index (χ4n) is 3.93. The van der Waals surface area contributed by atoms with E-state index < -0.39 is 0 Å². The summed E-state index contributed by atoms with van der Waals surface area (Å²) in [6.07, 6.45) is 2.20. The highest BCUT2D eigenvalue weighted by Gasteiger charge is 2.37. The lowest BCUT2D eigenvalue weighted by molar-refractivity contribution is -0.127. The summed E-state index contributed by atoms with van der Waals surface area (Å²) in [5.74, 6) is -0.405. The molecule has 1 atom stereocenters. The Morgan fingerprint density at radius 2 is 1.89 bits per heavy atom. The van der Waals surface area contributed by atoms with Crippen LogP contribution in [-0.4, -0.2) is 55.1 Å². The summed E-state index contributed by atoms with van der Waals surface area (Å²) in [7, 11) is 0. The number of hydrogen-bond acceptors (Lipinski definition) is 4. The molecule has 0 saturated carbocycles. The van der Waals surface area contributed by atoms with Gasteiger partial charge in [0.1, 0.15) is 0 Å². The molecule has 0 radical (unpaired) electrons. The van der Waals surface area contributed by atoms with Crippen molar-refractivity contribution in [3.05, 3.63) is 29.8 Å². The highest BCUT2D eigenvalue weighted by Crippen LogP contribution is 2.28. The van der Waals surface area contributed by atoms with E-state index in [0.29, 0.717) is 39.1 Å². The summed E-state index contributed by atoms with van der Waals surface area (Å²) in [4.78, 5) is 40.4. The number of hydrogen-bond donors (Lipinski definition) is 1. The molecule has 1 aromatic rings. The summed E-state index contributed by atoms with van der Waals surface area (Å²) >= 11 is 0. The standard InChI is InChI=1S/C21H29N3O4/c1-3-15-7-5-6-8-18(15)24-14-16(13-19(24)25)20(26)22-17-9-11-23(12-10-17)21(27)28-4-2/h5-8,16-17H,3-4,9-14H2,1-2H3,(H,22,26). The van der Waals surface area contributed by atoms with Crippen molar-refractivity contribution in [3.8, 4) is 0 Å². The molecule has 0 spiro atoms. The Hall–Kier alpha value is -2.57. The normalized spacial score (nSPS) is 20.4. The molecule has 2 heterocycles. The number of aryl methyl sites for hydroxylation is 1. The second-order valence-corrected chi connectivity index (χ2v) is 7.36. The molecule has 1 N–H and O–H groups in total. The van der Waals surface area contributed by atoms with Crippen LogP contribution in [0.1, 0.15) is 38.7 Å². The molecule has 2 aliphatic rings. The first-order valence-electron chi connectivity index (χ1n) is 10.1. The van der Waals surface area contributed by atoms with Crippen molar-refractivity contribution in [1.82, 2.24) is 10.2 Å². The minimum atomic E-state index is -0.333. The molecule has 1 unspecified atom stereocenters. The molecule has 3 amide bonds. The molecule has 0 aromatic heterocycles. The Morgan fingerprint density at radius 1 is 1.18 bits per heavy atom. The SMILES string of the molecule is CCOC(=O)N1CCC(NC(=O)C2CC(=O)N(c3ccccc3CC)C2)CC1. The van der Waals surface area contributed by atoms with Gasteiger partial charge in [0.2, 0.25) is 11.8 Å². The van der Waals surface area contributed by atoms with Crippen molar-refractivity contribution >= 4 is 23.6 Å². The second kappa shape index (κ2) is 9.08. The van der Waals surface area contributed by atoms with Gasteiger partial charge in [-0.3, -0.25) is 9.59 Å². The zero-order valence-corrected chi connectivity index (χ0v) is 16.6. The maximum Gasteiger partial charge on any atom is 0.409 e. The van der Waals surface area contributed by atoms with E-state index in [2.05, 4.69) is 12.2 Å². The van der Waals surface area contributed by atoms with E-state index in [1.165, 1.54) is 0 Å². The molecular weight excluding hydrogens is 358 g/mol. The Kier molecular flexibility index (Phi) is 6.54. The molecule has 2 fully saturated rings. The number of piperidine rings is 1. The fraction of sp³-hybridized carbons (Fsp3) is 0.571. The number of carbonyl (C=O) groups is 3. The molecule has 28 heavy (non-hydrogen) atoms. The van der Waals surface area contributed by atoms with Crippen LogP contribution < -0.4 is 10.2 Å². The molecule has 0 bridgehead atoms. The Morgan fingerprint density at radius 3 is 2.57 bits per heavy atom. The molecule has 7 heteroatoms. The van der Waals surface area contributed by atoms with Crippen LogP contribution in [0.3, 0.4) is 0 Å². The first-order chi connectivity index (χ1) is 13.5. The number of amides is 3. The van der Waals surface area contributed by atoms with Gasteiger partial charge in [0.25, 0.3) is 0 Å². The van der Waals surface area contributed by atoms with Gasteiger partial charge < -0.3 is 19.9 Å². The lowest BCUT2D eigenvalue weighted by Crippen LogP contribution is -2.48. The van der Waals surface area contributed by atoms with Crippen LogP contribution in [0, 0.1) is 5.92 Å². The van der Waals surface area contributed by atoms with Crippen molar-refractivity contribution in [2.75, 3.05) is 31.1 Å². The molecule has 7 nitrogen and oxygen atoms in total. The van der Waals surface area contributed by atoms with Gasteiger partial charge in [-0.1, -0.05) is 25.1 Å². The molecule has 152 valence electrons. The smallest absolute Gasteiger partial charge is 0.409 e. The van der Waals surface area contributed by atoms with Crippen molar-refractivity contribution < 1.29 is 19.1 Å². The van der Waals surface area contributed by atoms with E-state index in [0.717, 1.165) is 17.7 Å². The Bertz CT molecular complexity index is 728. The minimum absolute atomic E-state index is 0.00168. The van der Waals surface area contributed by atoms with Gasteiger partial charge in [0, 0.05) is 37.8 Å². The van der Waals surface area contributed by atoms with E-state index in [4.69, 9.17) is 4.74 Å². The van der Waals surface area contributed by atoms with Crippen molar-refractivity contribution in [2.24, 2.45) is 5.92 Å². The maximum absolute atomic E-state index is 12.7. The van der Waals surface area contributed by atoms with Crippen LogP contribution in [0.4, 0.5) is 10.5 Å². The van der Waals surface area contributed by atoms with Gasteiger partial charge in [-0.2, -0.15) is 0 Å². The van der Waals surface area contributed by atoms with Gasteiger partial charge in [-0.25, -0.2) is 4.79 Å². The van der Waals surface area contributed by atoms with E-state index in [9.17, 15) is 14.4 Å².